The van der Waals surface area contributed by atoms with Crippen molar-refractivity contribution in [3.63, 3.8) is 0 Å². The molecular weight excluding hydrogens is 1970 g/mol. The molecule has 17 rings (SSSR count). The van der Waals surface area contributed by atoms with E-state index in [1.165, 1.54) is 242 Å². The van der Waals surface area contributed by atoms with E-state index in [0.29, 0.717) is 36.8 Å². The molecule has 6 aromatic carbocycles. The summed E-state index contributed by atoms with van der Waals surface area (Å²) in [7, 11) is 0. The maximum atomic E-state index is 11.9. The summed E-state index contributed by atoms with van der Waals surface area (Å²) < 4.78 is 104. The van der Waals surface area contributed by atoms with Gasteiger partial charge in [-0.1, -0.05) is 180 Å². The van der Waals surface area contributed by atoms with E-state index in [4.69, 9.17) is 33.4 Å². The number of benzene rings is 6. The smallest absolute Gasteiger partial charge is 0.309 e. The highest BCUT2D eigenvalue weighted by molar-refractivity contribution is 7.80. The van der Waals surface area contributed by atoms with Crippen molar-refractivity contribution in [2.45, 2.75) is 331 Å². The van der Waals surface area contributed by atoms with Gasteiger partial charge < -0.3 is 107 Å². The Hall–Kier alpha value is -7.68. The standard InChI is InChI=1S/C23H38N4.C22H29N3.C21H33N3O2.C18H27N3.C17H23N3.5C3H8O2S/c24-20-8-6-19(7-9-20)18-25-21-10-12-23(13-11-21)27-16-14-26(15-17-27)22-4-2-1-3-5-22;23-20-7-5-17(6-8-20)15-24-21-9-11-22(12-10-21)25-14-13-18-3-1-2-4-19(18)16-25;1-2-26-21(25)17-11-13-24(14-12-17)20-9-7-19(8-10-20)23-15-16-3-5-18(22)6-4-16;19-16-6-4-15(5-7-16)14-20-17-8-10-18(11-9-17)21-12-2-1-3-13-21;18-15-5-3-14(4-6-15)13-19-16-7-9-17(10-8-16)20-11-1-2-12-20;5*1-3(2)6(4)5/h10-13,19-20,22,25H,1-9,14-18,24H2;1-4,9-12,17,20,24H,5-8,13-16,23H2;7-10,16-18,23H,2-6,11-15,22H2,1H3;1-2,8-11,15-16,20H,3-7,12-14,19H2;1-2,7-12,14-15,19H,3-6,13,18H2;5*3H,1-2H3,(H,4,5)/p-5. The molecule has 836 valence electrons. The highest BCUT2D eigenvalue weighted by Gasteiger charge is 2.30. The topological polar surface area (TPSA) is 438 Å². The first-order valence-electron chi connectivity index (χ1n) is 55.7. The number of carbonyl (C=O) groups excluding carboxylic acids is 1. The van der Waals surface area contributed by atoms with Crippen molar-refractivity contribution in [3.05, 3.63) is 193 Å². The van der Waals surface area contributed by atoms with Crippen LogP contribution in [0.5, 0.6) is 0 Å². The molecule has 5 heterocycles. The van der Waals surface area contributed by atoms with E-state index in [-0.39, 0.29) is 38.1 Å². The Morgan fingerprint density at radius 3 is 0.913 bits per heavy atom. The Bertz CT molecular complexity index is 4780. The lowest BCUT2D eigenvalue weighted by Crippen LogP contribution is -2.50. The zero-order valence-electron chi connectivity index (χ0n) is 91.5. The first-order valence-corrected chi connectivity index (χ1v) is 61.4. The minimum atomic E-state index is -1.87. The number of hydrogen-bond acceptors (Lipinski definition) is 27. The lowest BCUT2D eigenvalue weighted by molar-refractivity contribution is -0.148. The number of hydrogen-bond donors (Lipinski definition) is 10. The summed E-state index contributed by atoms with van der Waals surface area (Å²) in [4.78, 5) is 24.4. The molecule has 0 bridgehead atoms. The third-order valence-corrected chi connectivity index (χ3v) is 33.6. The molecule has 2 saturated heterocycles. The molecule has 28 nitrogen and oxygen atoms in total. The Kier molecular flexibility index (Phi) is 60.0. The molecule has 0 spiro atoms. The van der Waals surface area contributed by atoms with Crippen molar-refractivity contribution >= 4 is 113 Å². The summed E-state index contributed by atoms with van der Waals surface area (Å²) in [5.41, 5.74) is 45.5. The molecule has 149 heavy (non-hydrogen) atoms. The number of piperidine rings is 1. The predicted molar refractivity (Wildman–Crippen MR) is 623 cm³/mol. The second-order valence-corrected chi connectivity index (χ2v) is 50.5. The highest BCUT2D eigenvalue weighted by Crippen LogP contribution is 2.35. The zero-order valence-corrected chi connectivity index (χ0v) is 95.5. The fraction of sp³-hybridized carbons (Fsp3) is 0.629. The van der Waals surface area contributed by atoms with E-state index < -0.39 is 55.4 Å². The summed E-state index contributed by atoms with van der Waals surface area (Å²) >= 11 is -9.34. The van der Waals surface area contributed by atoms with Crippen LogP contribution in [0.2, 0.25) is 0 Å². The molecule has 6 saturated carbocycles. The molecule has 7 aromatic rings. The third-order valence-electron chi connectivity index (χ3n) is 29.8. The number of piperazine rings is 1. The molecule has 5 unspecified atom stereocenters. The number of nitrogens with one attached hydrogen (secondary N) is 5. The van der Waals surface area contributed by atoms with E-state index >= 15 is 0 Å². The monoisotopic (exact) mass is 2150 g/mol. The van der Waals surface area contributed by atoms with Gasteiger partial charge in [0, 0.05) is 230 Å². The fourth-order valence-electron chi connectivity index (χ4n) is 19.7. The van der Waals surface area contributed by atoms with Crippen LogP contribution in [-0.4, -0.2) is 220 Å². The molecule has 5 atom stereocenters. The molecule has 15 N–H and O–H groups in total. The van der Waals surface area contributed by atoms with Gasteiger partial charge in [0.25, 0.3) is 0 Å². The number of nitrogens with two attached hydrogens (primary N) is 5. The number of nitrogens with zero attached hydrogens (tertiary/aromatic N) is 6. The summed E-state index contributed by atoms with van der Waals surface area (Å²) in [6, 6.07) is 60.2. The quantitative estimate of drug-likeness (QED) is 0.0124. The van der Waals surface area contributed by atoms with Crippen LogP contribution < -0.4 is 74.9 Å². The van der Waals surface area contributed by atoms with Crippen LogP contribution in [-0.2, 0) is 77.9 Å². The Morgan fingerprint density at radius 2 is 0.617 bits per heavy atom. The maximum absolute atomic E-state index is 11.9. The summed E-state index contributed by atoms with van der Waals surface area (Å²) in [6.07, 6.45) is 44.3. The average molecular weight is 2160 g/mol. The molecule has 4 aliphatic heterocycles. The number of fused-ring (bicyclic) bond motifs is 1. The summed E-state index contributed by atoms with van der Waals surface area (Å²) in [5, 5.41) is 16.8. The van der Waals surface area contributed by atoms with E-state index in [1.807, 2.05) is 19.1 Å². The first-order chi connectivity index (χ1) is 71.5. The van der Waals surface area contributed by atoms with Crippen LogP contribution in [0.1, 0.15) is 267 Å². The number of rotatable bonds is 28. The van der Waals surface area contributed by atoms with Gasteiger partial charge in [0.1, 0.15) is 0 Å². The number of aromatic nitrogens is 1. The highest BCUT2D eigenvalue weighted by atomic mass is 32.2. The number of carbonyl (C=O) groups is 1. The zero-order chi connectivity index (χ0) is 108. The van der Waals surface area contributed by atoms with E-state index in [9.17, 15) is 48.6 Å². The normalized spacial score (nSPS) is 23.0. The molecule has 8 fully saturated rings. The van der Waals surface area contributed by atoms with Crippen molar-refractivity contribution in [1.29, 1.82) is 0 Å². The number of ether oxygens (including phenoxy) is 1. The Balaban J connectivity index is 0.000000212. The van der Waals surface area contributed by atoms with Crippen molar-refractivity contribution in [2.24, 2.45) is 64.2 Å². The van der Waals surface area contributed by atoms with E-state index in [1.54, 1.807) is 69.2 Å². The first kappa shape index (κ1) is 126. The van der Waals surface area contributed by atoms with Gasteiger partial charge in [0.05, 0.1) is 12.5 Å². The molecule has 0 radical (unpaired) electrons. The van der Waals surface area contributed by atoms with Gasteiger partial charge in [-0.2, -0.15) is 0 Å². The van der Waals surface area contributed by atoms with Crippen LogP contribution in [0.4, 0.5) is 51.2 Å². The van der Waals surface area contributed by atoms with E-state index in [0.717, 1.165) is 146 Å². The van der Waals surface area contributed by atoms with Gasteiger partial charge in [-0.25, -0.2) is 0 Å². The summed E-state index contributed by atoms with van der Waals surface area (Å²) in [6.45, 7) is 34.9. The molecule has 6 aliphatic carbocycles. The summed E-state index contributed by atoms with van der Waals surface area (Å²) in [5.74, 6) is 3.91. The Morgan fingerprint density at radius 1 is 0.329 bits per heavy atom. The molecule has 10 aliphatic rings. The minimum Gasteiger partial charge on any atom is -0.772 e. The lowest BCUT2D eigenvalue weighted by atomic mass is 9.86. The molecule has 1 aromatic heterocycles. The van der Waals surface area contributed by atoms with Crippen molar-refractivity contribution < 1.29 is 53.3 Å². The Labute approximate surface area is 908 Å². The lowest BCUT2D eigenvalue weighted by Gasteiger charge is -2.41. The molecular formula is C116H185N16O12S5-5. The van der Waals surface area contributed by atoms with Crippen molar-refractivity contribution in [3.8, 4) is 5.69 Å². The van der Waals surface area contributed by atoms with Gasteiger partial charge >= 0.3 is 5.97 Å². The number of esters is 1. The maximum Gasteiger partial charge on any atom is 0.309 e. The van der Waals surface area contributed by atoms with Crippen LogP contribution >= 0.6 is 0 Å². The molecule has 0 amide bonds. The van der Waals surface area contributed by atoms with Crippen LogP contribution in [0.3, 0.4) is 0 Å². The third kappa shape index (κ3) is 50.2. The second kappa shape index (κ2) is 70.7. The van der Waals surface area contributed by atoms with Gasteiger partial charge in [-0.15, -0.1) is 0 Å². The van der Waals surface area contributed by atoms with Gasteiger partial charge in [-0.05, 0) is 348 Å². The van der Waals surface area contributed by atoms with Crippen LogP contribution in [0, 0.1) is 35.5 Å². The van der Waals surface area contributed by atoms with E-state index in [2.05, 4.69) is 226 Å². The van der Waals surface area contributed by atoms with Gasteiger partial charge in [0.15, 0.2) is 0 Å². The van der Waals surface area contributed by atoms with Crippen molar-refractivity contribution in [1.82, 2.24) is 9.47 Å². The number of anilines is 9. The SMILES string of the molecule is CC(C)S(=O)[O-].CC(C)S(=O)[O-].CC(C)S(=O)[O-].CC(C)S(=O)[O-].CC(C)S(=O)[O-].CCOC(=O)C1CCN(c2ccc(NCC3CCC(N)CC3)cc2)CC1.NC1CCC(CNc2ccc(-n3cccc3)cc2)CC1.NC1CCC(CNc2ccc(N3CC=CCC3)cc2)CC1.NC1CCC(CNc2ccc(N3CCN(C4CCCCC4)CC3)cc2)CC1.NC1CCC(CNc2ccc(N3CCc4ccccc4C3)cc2)CC1. The average Bonchev–Trinajstić information content (AvgIpc) is 1.08. The van der Waals surface area contributed by atoms with Gasteiger partial charge in [0.2, 0.25) is 0 Å². The molecule has 33 heteroatoms. The minimum absolute atomic E-state index is 0.0321. The second-order valence-electron chi connectivity index (χ2n) is 43.2. The largest absolute Gasteiger partial charge is 0.772 e. The van der Waals surface area contributed by atoms with Crippen LogP contribution in [0.15, 0.2) is 182 Å². The predicted octanol–water partition coefficient (Wildman–Crippen LogP) is 19.8. The van der Waals surface area contributed by atoms with Crippen LogP contribution in [0.25, 0.3) is 5.69 Å². The van der Waals surface area contributed by atoms with Crippen molar-refractivity contribution in [2.75, 3.05) is 144 Å². The van der Waals surface area contributed by atoms with Gasteiger partial charge in [-0.3, -0.25) is 30.7 Å². The fourth-order valence-corrected chi connectivity index (χ4v) is 19.7.